The van der Waals surface area contributed by atoms with Crippen molar-refractivity contribution in [1.82, 2.24) is 15.2 Å². The van der Waals surface area contributed by atoms with Gasteiger partial charge in [0.25, 0.3) is 0 Å². The summed E-state index contributed by atoms with van der Waals surface area (Å²) >= 11 is 0. The van der Waals surface area contributed by atoms with Crippen LogP contribution in [-0.4, -0.2) is 85.1 Å². The van der Waals surface area contributed by atoms with Gasteiger partial charge in [0.1, 0.15) is 30.1 Å². The third-order valence-corrected chi connectivity index (χ3v) is 7.35. The van der Waals surface area contributed by atoms with E-state index in [1.54, 1.807) is 12.3 Å². The highest BCUT2D eigenvalue weighted by molar-refractivity contribution is 5.76. The molecule has 1 aromatic heterocycles. The summed E-state index contributed by atoms with van der Waals surface area (Å²) in [5.41, 5.74) is 1.93. The number of pyridine rings is 1. The molecule has 1 fully saturated rings. The SMILES string of the molecule is O=C(CCCCCCCCCCN(Cc1ccccn1)Cc1ccccc1O)N[C@H]1C(O)O[C@H](CO)[C@@H](O)[C@@H]1O. The number of hydrogen-bond donors (Lipinski definition) is 6. The van der Waals surface area contributed by atoms with Gasteiger partial charge in [0.2, 0.25) is 5.91 Å². The molecule has 1 aliphatic heterocycles. The molecule has 2 aromatic rings. The van der Waals surface area contributed by atoms with E-state index in [2.05, 4.69) is 15.2 Å². The number of aliphatic hydroxyl groups is 4. The van der Waals surface area contributed by atoms with Crippen molar-refractivity contribution >= 4 is 5.91 Å². The summed E-state index contributed by atoms with van der Waals surface area (Å²) in [5.74, 6) is -0.000368. The number of rotatable bonds is 17. The fourth-order valence-corrected chi connectivity index (χ4v) is 5.01. The number of aliphatic hydroxyl groups excluding tert-OH is 4. The van der Waals surface area contributed by atoms with Crippen molar-refractivity contribution in [2.45, 2.75) is 102 Å². The maximum Gasteiger partial charge on any atom is 0.220 e. The van der Waals surface area contributed by atoms with Gasteiger partial charge in [0.15, 0.2) is 6.29 Å². The number of carbonyl (C=O) groups excluding carboxylic acids is 1. The predicted octanol–water partition coefficient (Wildman–Crippen LogP) is 2.22. The van der Waals surface area contributed by atoms with E-state index in [1.165, 1.54) is 0 Å². The average Bonchev–Trinajstić information content (AvgIpc) is 2.95. The molecule has 3 rings (SSSR count). The first kappa shape index (κ1) is 31.9. The smallest absolute Gasteiger partial charge is 0.220 e. The van der Waals surface area contributed by atoms with Crippen molar-refractivity contribution < 1.29 is 35.1 Å². The average molecular weight is 560 g/mol. The summed E-state index contributed by atoms with van der Waals surface area (Å²) < 4.78 is 5.07. The van der Waals surface area contributed by atoms with E-state index >= 15 is 0 Å². The monoisotopic (exact) mass is 559 g/mol. The number of phenolic OH excluding ortho intramolecular Hbond substituents is 1. The van der Waals surface area contributed by atoms with Crippen LogP contribution in [0.15, 0.2) is 48.7 Å². The Morgan fingerprint density at radius 1 is 0.875 bits per heavy atom. The number of amides is 1. The fraction of sp³-hybridized carbons (Fsp3) is 0.600. The van der Waals surface area contributed by atoms with Crippen LogP contribution >= 0.6 is 0 Å². The normalized spacial score (nSPS) is 22.9. The topological polar surface area (TPSA) is 156 Å². The number of nitrogens with zero attached hydrogens (tertiary/aromatic N) is 2. The fourth-order valence-electron chi connectivity index (χ4n) is 5.01. The number of unbranched alkanes of at least 4 members (excludes halogenated alkanes) is 7. The van der Waals surface area contributed by atoms with Crippen molar-refractivity contribution in [2.24, 2.45) is 0 Å². The lowest BCUT2D eigenvalue weighted by atomic mass is 9.97. The van der Waals surface area contributed by atoms with E-state index in [9.17, 15) is 25.2 Å². The Bertz CT molecular complexity index is 996. The van der Waals surface area contributed by atoms with Crippen LogP contribution in [0.1, 0.15) is 69.0 Å². The number of carbonyl (C=O) groups is 1. The van der Waals surface area contributed by atoms with E-state index in [4.69, 9.17) is 9.84 Å². The second-order valence-corrected chi connectivity index (χ2v) is 10.6. The van der Waals surface area contributed by atoms with Crippen LogP contribution < -0.4 is 5.32 Å². The van der Waals surface area contributed by atoms with Gasteiger partial charge in [-0.05, 0) is 37.6 Å². The lowest BCUT2D eigenvalue weighted by Gasteiger charge is -2.40. The highest BCUT2D eigenvalue weighted by atomic mass is 16.6. The van der Waals surface area contributed by atoms with Gasteiger partial charge in [0, 0.05) is 31.3 Å². The molecule has 10 nitrogen and oxygen atoms in total. The summed E-state index contributed by atoms with van der Waals surface area (Å²) in [6.07, 6.45) is 4.87. The lowest BCUT2D eigenvalue weighted by molar-refractivity contribution is -0.253. The van der Waals surface area contributed by atoms with Gasteiger partial charge in [-0.15, -0.1) is 0 Å². The molecule has 0 bridgehead atoms. The lowest BCUT2D eigenvalue weighted by Crippen LogP contribution is -2.64. The number of benzene rings is 1. The first-order valence-electron chi connectivity index (χ1n) is 14.4. The van der Waals surface area contributed by atoms with E-state index in [1.807, 2.05) is 36.4 Å². The second kappa shape index (κ2) is 17.3. The summed E-state index contributed by atoms with van der Waals surface area (Å²) in [6.45, 7) is 1.79. The van der Waals surface area contributed by atoms with Crippen molar-refractivity contribution in [2.75, 3.05) is 13.2 Å². The summed E-state index contributed by atoms with van der Waals surface area (Å²) in [6, 6.07) is 12.3. The Hall–Kier alpha value is -2.60. The van der Waals surface area contributed by atoms with Gasteiger partial charge >= 0.3 is 0 Å². The van der Waals surface area contributed by atoms with E-state index in [-0.39, 0.29) is 12.3 Å². The molecule has 0 aliphatic carbocycles. The van der Waals surface area contributed by atoms with Gasteiger partial charge in [-0.3, -0.25) is 14.7 Å². The number of aromatic nitrogens is 1. The van der Waals surface area contributed by atoms with Gasteiger partial charge in [-0.25, -0.2) is 0 Å². The number of ether oxygens (including phenoxy) is 1. The molecular weight excluding hydrogens is 514 g/mol. The molecule has 5 atom stereocenters. The predicted molar refractivity (Wildman–Crippen MR) is 150 cm³/mol. The quantitative estimate of drug-likeness (QED) is 0.160. The number of para-hydroxylation sites is 1. The van der Waals surface area contributed by atoms with Crippen LogP contribution in [0.3, 0.4) is 0 Å². The van der Waals surface area contributed by atoms with Gasteiger partial charge < -0.3 is 35.6 Å². The molecule has 0 spiro atoms. The molecule has 1 saturated heterocycles. The zero-order valence-corrected chi connectivity index (χ0v) is 23.1. The Morgan fingerprint density at radius 3 is 2.23 bits per heavy atom. The maximum absolute atomic E-state index is 12.2. The van der Waals surface area contributed by atoms with Crippen LogP contribution in [0.5, 0.6) is 5.75 Å². The summed E-state index contributed by atoms with van der Waals surface area (Å²) in [5, 5.41) is 51.9. The standard InChI is InChI=1S/C30H45N3O7/c34-21-25-28(37)29(38)27(30(39)40-25)32-26(36)16-7-5-3-1-2-4-6-12-18-33(20-23-14-10-11-17-31-23)19-22-13-8-9-15-24(22)35/h8-11,13-15,17,25,27-30,34-35,37-39H,1-7,12,16,18-21H2,(H,32,36)/t25-,27-,28-,29-,30?/m1/s1. The highest BCUT2D eigenvalue weighted by Crippen LogP contribution is 2.21. The van der Waals surface area contributed by atoms with Crippen LogP contribution in [0.25, 0.3) is 0 Å². The molecule has 0 radical (unpaired) electrons. The van der Waals surface area contributed by atoms with Crippen molar-refractivity contribution in [1.29, 1.82) is 0 Å². The Morgan fingerprint density at radius 2 is 1.55 bits per heavy atom. The molecule has 1 aliphatic rings. The molecule has 222 valence electrons. The zero-order valence-electron chi connectivity index (χ0n) is 23.1. The molecule has 0 saturated carbocycles. The third kappa shape index (κ3) is 10.4. The minimum atomic E-state index is -1.49. The molecule has 1 unspecified atom stereocenters. The van der Waals surface area contributed by atoms with Crippen LogP contribution in [0, 0.1) is 0 Å². The number of phenols is 1. The molecule has 40 heavy (non-hydrogen) atoms. The van der Waals surface area contributed by atoms with E-state index < -0.39 is 37.3 Å². The molecule has 1 aromatic carbocycles. The maximum atomic E-state index is 12.2. The third-order valence-electron chi connectivity index (χ3n) is 7.35. The molecular formula is C30H45N3O7. The first-order chi connectivity index (χ1) is 19.4. The Labute approximate surface area is 236 Å². The minimum absolute atomic E-state index is 0.262. The van der Waals surface area contributed by atoms with Crippen LogP contribution in [-0.2, 0) is 22.6 Å². The number of hydrogen-bond acceptors (Lipinski definition) is 9. The second-order valence-electron chi connectivity index (χ2n) is 10.6. The minimum Gasteiger partial charge on any atom is -0.508 e. The van der Waals surface area contributed by atoms with E-state index in [0.717, 1.165) is 69.3 Å². The van der Waals surface area contributed by atoms with Gasteiger partial charge in [-0.2, -0.15) is 0 Å². The largest absolute Gasteiger partial charge is 0.508 e. The molecule has 2 heterocycles. The molecule has 6 N–H and O–H groups in total. The van der Waals surface area contributed by atoms with Gasteiger partial charge in [-0.1, -0.05) is 62.8 Å². The van der Waals surface area contributed by atoms with E-state index in [0.29, 0.717) is 18.7 Å². The van der Waals surface area contributed by atoms with Crippen LogP contribution in [0.2, 0.25) is 0 Å². The molecule has 1 amide bonds. The van der Waals surface area contributed by atoms with Crippen molar-refractivity contribution in [3.63, 3.8) is 0 Å². The molecule has 10 heteroatoms. The summed E-state index contributed by atoms with van der Waals surface area (Å²) in [4.78, 5) is 19.0. The Kier molecular flexibility index (Phi) is 13.8. The first-order valence-corrected chi connectivity index (χ1v) is 14.4. The van der Waals surface area contributed by atoms with Gasteiger partial charge in [0.05, 0.1) is 12.3 Å². The van der Waals surface area contributed by atoms with Crippen LogP contribution in [0.4, 0.5) is 0 Å². The van der Waals surface area contributed by atoms with Crippen molar-refractivity contribution in [3.05, 3.63) is 59.9 Å². The number of aromatic hydroxyl groups is 1. The summed E-state index contributed by atoms with van der Waals surface area (Å²) in [7, 11) is 0. The number of nitrogens with one attached hydrogen (secondary N) is 1. The highest BCUT2D eigenvalue weighted by Gasteiger charge is 2.44. The van der Waals surface area contributed by atoms with Crippen molar-refractivity contribution in [3.8, 4) is 5.75 Å². The Balaban J connectivity index is 1.26. The zero-order chi connectivity index (χ0) is 28.7.